The van der Waals surface area contributed by atoms with Gasteiger partial charge in [-0.05, 0) is 47.5 Å². The van der Waals surface area contributed by atoms with E-state index in [9.17, 15) is 0 Å². The number of hydrogen-bond acceptors (Lipinski definition) is 4. The van der Waals surface area contributed by atoms with Gasteiger partial charge >= 0.3 is 0 Å². The van der Waals surface area contributed by atoms with Crippen LogP contribution in [-0.4, -0.2) is 10.2 Å². The molecule has 0 aliphatic carbocycles. The van der Waals surface area contributed by atoms with E-state index in [2.05, 4.69) is 114 Å². The Morgan fingerprint density at radius 2 is 1.06 bits per heavy atom. The molecule has 0 amide bonds. The monoisotopic (exact) mass is 445 g/mol. The van der Waals surface area contributed by atoms with Gasteiger partial charge in [0.2, 0.25) is 0 Å². The fourth-order valence-corrected chi connectivity index (χ4v) is 5.59. The molecule has 0 radical (unpaired) electrons. The maximum Gasteiger partial charge on any atom is 0.148 e. The van der Waals surface area contributed by atoms with Gasteiger partial charge in [-0.25, -0.2) is 0 Å². The Hall–Kier alpha value is -3.76. The predicted octanol–water partition coefficient (Wildman–Crippen LogP) is 7.98. The summed E-state index contributed by atoms with van der Waals surface area (Å²) in [7, 11) is 0. The lowest BCUT2D eigenvalue weighted by Gasteiger charge is -2.42. The lowest BCUT2D eigenvalue weighted by molar-refractivity contribution is 0.632. The van der Waals surface area contributed by atoms with Gasteiger partial charge < -0.3 is 4.90 Å². The molecular weight excluding hydrogens is 422 g/mol. The van der Waals surface area contributed by atoms with Gasteiger partial charge in [-0.2, -0.15) is 0 Å². The van der Waals surface area contributed by atoms with Gasteiger partial charge in [0, 0.05) is 22.2 Å². The zero-order valence-corrected chi connectivity index (χ0v) is 19.4. The van der Waals surface area contributed by atoms with Crippen molar-refractivity contribution in [2.45, 2.75) is 19.3 Å². The first kappa shape index (κ1) is 19.9. The SMILES string of the molecule is CC1(C)c2ccccc2N(c2ccc(-c3nnc(-c4ccccc4)s3)cc2)c2ccccc21. The van der Waals surface area contributed by atoms with E-state index in [1.807, 2.05) is 18.2 Å². The van der Waals surface area contributed by atoms with Crippen LogP contribution in [0.2, 0.25) is 0 Å². The highest BCUT2D eigenvalue weighted by molar-refractivity contribution is 7.17. The van der Waals surface area contributed by atoms with Gasteiger partial charge in [-0.15, -0.1) is 10.2 Å². The lowest BCUT2D eigenvalue weighted by Crippen LogP contribution is -2.30. The van der Waals surface area contributed by atoms with E-state index < -0.39 is 0 Å². The van der Waals surface area contributed by atoms with E-state index in [1.165, 1.54) is 22.5 Å². The average Bonchev–Trinajstić information content (AvgIpc) is 3.36. The standard InChI is InChI=1S/C29H23N3S/c1-29(2)23-12-6-8-14-25(23)32(26-15-9-7-13-24(26)29)22-18-16-21(17-19-22)28-31-30-27(33-28)20-10-4-3-5-11-20/h3-19H,1-2H3. The minimum absolute atomic E-state index is 0.0516. The topological polar surface area (TPSA) is 29.0 Å². The molecule has 0 fully saturated rings. The summed E-state index contributed by atoms with van der Waals surface area (Å²) < 4.78 is 0. The molecule has 0 saturated carbocycles. The fourth-order valence-electron chi connectivity index (χ4n) is 4.74. The van der Waals surface area contributed by atoms with E-state index in [0.717, 1.165) is 26.8 Å². The Morgan fingerprint density at radius 1 is 0.576 bits per heavy atom. The normalized spacial score (nSPS) is 13.9. The van der Waals surface area contributed by atoms with Crippen LogP contribution in [0.1, 0.15) is 25.0 Å². The van der Waals surface area contributed by atoms with Crippen LogP contribution >= 0.6 is 11.3 Å². The molecule has 5 aromatic rings. The molecule has 6 rings (SSSR count). The van der Waals surface area contributed by atoms with Crippen molar-refractivity contribution in [2.24, 2.45) is 0 Å². The molecule has 0 unspecified atom stereocenters. The molecular formula is C29H23N3S. The molecule has 0 spiro atoms. The van der Waals surface area contributed by atoms with Gasteiger partial charge in [0.25, 0.3) is 0 Å². The minimum atomic E-state index is -0.0516. The van der Waals surface area contributed by atoms with Crippen LogP contribution in [0.4, 0.5) is 17.1 Å². The molecule has 0 bridgehead atoms. The number of aromatic nitrogens is 2. The molecule has 2 heterocycles. The lowest BCUT2D eigenvalue weighted by atomic mass is 9.73. The zero-order chi connectivity index (χ0) is 22.4. The summed E-state index contributed by atoms with van der Waals surface area (Å²) in [5.74, 6) is 0. The highest BCUT2D eigenvalue weighted by Gasteiger charge is 2.36. The number of anilines is 3. The predicted molar refractivity (Wildman–Crippen MR) is 138 cm³/mol. The maximum absolute atomic E-state index is 4.45. The summed E-state index contributed by atoms with van der Waals surface area (Å²) >= 11 is 1.62. The second kappa shape index (κ2) is 7.68. The summed E-state index contributed by atoms with van der Waals surface area (Å²) in [5, 5.41) is 10.7. The smallest absolute Gasteiger partial charge is 0.148 e. The molecule has 4 heteroatoms. The van der Waals surface area contributed by atoms with Gasteiger partial charge in [0.1, 0.15) is 10.0 Å². The third kappa shape index (κ3) is 3.26. The first-order chi connectivity index (χ1) is 16.1. The molecule has 33 heavy (non-hydrogen) atoms. The molecule has 0 N–H and O–H groups in total. The van der Waals surface area contributed by atoms with Crippen molar-refractivity contribution < 1.29 is 0 Å². The van der Waals surface area contributed by atoms with Gasteiger partial charge in [-0.1, -0.05) is 91.9 Å². The third-order valence-corrected chi connectivity index (χ3v) is 7.48. The fraction of sp³-hybridized carbons (Fsp3) is 0.103. The van der Waals surface area contributed by atoms with Crippen molar-refractivity contribution in [3.05, 3.63) is 114 Å². The number of para-hydroxylation sites is 2. The largest absolute Gasteiger partial charge is 0.310 e. The highest BCUT2D eigenvalue weighted by atomic mass is 32.1. The van der Waals surface area contributed by atoms with Crippen LogP contribution in [0.3, 0.4) is 0 Å². The number of fused-ring (bicyclic) bond motifs is 2. The minimum Gasteiger partial charge on any atom is -0.310 e. The Kier molecular flexibility index (Phi) is 4.63. The van der Waals surface area contributed by atoms with Crippen LogP contribution < -0.4 is 4.90 Å². The van der Waals surface area contributed by atoms with Crippen molar-refractivity contribution >= 4 is 28.4 Å². The van der Waals surface area contributed by atoms with E-state index in [1.54, 1.807) is 11.3 Å². The van der Waals surface area contributed by atoms with Crippen molar-refractivity contribution in [3.8, 4) is 21.1 Å². The number of nitrogens with zero attached hydrogens (tertiary/aromatic N) is 3. The molecule has 1 aromatic heterocycles. The van der Waals surface area contributed by atoms with E-state index >= 15 is 0 Å². The molecule has 1 aliphatic heterocycles. The maximum atomic E-state index is 4.45. The van der Waals surface area contributed by atoms with Crippen LogP contribution in [0, 0.1) is 0 Å². The van der Waals surface area contributed by atoms with Crippen molar-refractivity contribution in [1.82, 2.24) is 10.2 Å². The Labute approximate surface area is 198 Å². The van der Waals surface area contributed by atoms with Crippen LogP contribution in [0.5, 0.6) is 0 Å². The zero-order valence-electron chi connectivity index (χ0n) is 18.6. The number of hydrogen-bond donors (Lipinski definition) is 0. The molecule has 0 atom stereocenters. The summed E-state index contributed by atoms with van der Waals surface area (Å²) in [6.45, 7) is 4.62. The van der Waals surface area contributed by atoms with E-state index in [4.69, 9.17) is 0 Å². The Balaban J connectivity index is 1.40. The van der Waals surface area contributed by atoms with Crippen LogP contribution in [0.15, 0.2) is 103 Å². The number of rotatable bonds is 3. The van der Waals surface area contributed by atoms with Crippen LogP contribution in [0.25, 0.3) is 21.1 Å². The van der Waals surface area contributed by atoms with E-state index in [0.29, 0.717) is 0 Å². The Morgan fingerprint density at radius 3 is 1.64 bits per heavy atom. The third-order valence-electron chi connectivity index (χ3n) is 6.45. The molecule has 160 valence electrons. The van der Waals surface area contributed by atoms with Crippen molar-refractivity contribution in [2.75, 3.05) is 4.90 Å². The quantitative estimate of drug-likeness (QED) is 0.282. The summed E-state index contributed by atoms with van der Waals surface area (Å²) in [4.78, 5) is 2.37. The van der Waals surface area contributed by atoms with Gasteiger partial charge in [0.05, 0.1) is 11.4 Å². The molecule has 3 nitrogen and oxygen atoms in total. The van der Waals surface area contributed by atoms with Crippen molar-refractivity contribution in [1.29, 1.82) is 0 Å². The van der Waals surface area contributed by atoms with Crippen LogP contribution in [-0.2, 0) is 5.41 Å². The first-order valence-corrected chi connectivity index (χ1v) is 11.9. The van der Waals surface area contributed by atoms with E-state index in [-0.39, 0.29) is 5.41 Å². The second-order valence-corrected chi connectivity index (χ2v) is 9.80. The van der Waals surface area contributed by atoms with Gasteiger partial charge in [0.15, 0.2) is 0 Å². The second-order valence-electron chi connectivity index (χ2n) is 8.82. The number of benzene rings is 4. The average molecular weight is 446 g/mol. The summed E-state index contributed by atoms with van der Waals surface area (Å²) in [6, 6.07) is 36.3. The summed E-state index contributed by atoms with van der Waals surface area (Å²) in [5.41, 5.74) is 8.41. The molecule has 4 aromatic carbocycles. The molecule has 1 aliphatic rings. The molecule has 0 saturated heterocycles. The summed E-state index contributed by atoms with van der Waals surface area (Å²) in [6.07, 6.45) is 0. The highest BCUT2D eigenvalue weighted by Crippen LogP contribution is 2.51. The first-order valence-electron chi connectivity index (χ1n) is 11.1. The Bertz CT molecular complexity index is 1390. The van der Waals surface area contributed by atoms with Crippen molar-refractivity contribution in [3.63, 3.8) is 0 Å². The van der Waals surface area contributed by atoms with Gasteiger partial charge in [-0.3, -0.25) is 0 Å².